The lowest BCUT2D eigenvalue weighted by Gasteiger charge is -2.08. The maximum absolute atomic E-state index is 12.1. The second-order valence-corrected chi connectivity index (χ2v) is 6.86. The van der Waals surface area contributed by atoms with Crippen LogP contribution in [0.25, 0.3) is 11.3 Å². The summed E-state index contributed by atoms with van der Waals surface area (Å²) in [5, 5.41) is 5.35. The van der Waals surface area contributed by atoms with Crippen LogP contribution >= 0.6 is 11.3 Å². The van der Waals surface area contributed by atoms with Crippen LogP contribution in [0.3, 0.4) is 0 Å². The number of amides is 1. The highest BCUT2D eigenvalue weighted by molar-refractivity contribution is 7.14. The molecular weight excluding hydrogens is 360 g/mol. The number of aromatic nitrogens is 1. The summed E-state index contributed by atoms with van der Waals surface area (Å²) in [7, 11) is 1.63. The Hall–Kier alpha value is -2.86. The summed E-state index contributed by atoms with van der Waals surface area (Å²) in [6, 6.07) is 15.5. The Labute approximate surface area is 163 Å². The van der Waals surface area contributed by atoms with Gasteiger partial charge in [-0.2, -0.15) is 0 Å². The van der Waals surface area contributed by atoms with Gasteiger partial charge in [0.05, 0.1) is 19.4 Å². The van der Waals surface area contributed by atoms with Gasteiger partial charge in [0.15, 0.2) is 5.13 Å². The number of para-hydroxylation sites is 2. The SMILES string of the molecule is COc1ccccc1-c1csc(NC(=O)CCCOc2ccccc2C)n1. The minimum absolute atomic E-state index is 0.0655. The summed E-state index contributed by atoms with van der Waals surface area (Å²) < 4.78 is 11.1. The van der Waals surface area contributed by atoms with Gasteiger partial charge in [-0.3, -0.25) is 4.79 Å². The molecule has 0 aliphatic carbocycles. The van der Waals surface area contributed by atoms with E-state index in [0.717, 1.165) is 28.3 Å². The molecule has 0 saturated heterocycles. The summed E-state index contributed by atoms with van der Waals surface area (Å²) in [6.45, 7) is 2.51. The molecule has 0 aliphatic rings. The number of carbonyl (C=O) groups excluding carboxylic acids is 1. The molecule has 3 rings (SSSR count). The standard InChI is InChI=1S/C21H22N2O3S/c1-15-8-3-5-10-18(15)26-13-7-12-20(24)23-21-22-17(14-27-21)16-9-4-6-11-19(16)25-2/h3-6,8-11,14H,7,12-13H2,1-2H3,(H,22,23,24). The number of aryl methyl sites for hydroxylation is 1. The minimum Gasteiger partial charge on any atom is -0.496 e. The number of thiazole rings is 1. The molecule has 6 heteroatoms. The van der Waals surface area contributed by atoms with Gasteiger partial charge >= 0.3 is 0 Å². The molecule has 1 heterocycles. The van der Waals surface area contributed by atoms with Crippen molar-refractivity contribution >= 4 is 22.4 Å². The van der Waals surface area contributed by atoms with E-state index in [4.69, 9.17) is 9.47 Å². The number of methoxy groups -OCH3 is 1. The highest BCUT2D eigenvalue weighted by Gasteiger charge is 2.11. The fourth-order valence-electron chi connectivity index (χ4n) is 2.63. The second-order valence-electron chi connectivity index (χ2n) is 6.00. The maximum atomic E-state index is 12.1. The number of rotatable bonds is 8. The van der Waals surface area contributed by atoms with Crippen molar-refractivity contribution in [1.29, 1.82) is 0 Å². The van der Waals surface area contributed by atoms with Crippen LogP contribution in [0.15, 0.2) is 53.9 Å². The third-order valence-corrected chi connectivity index (χ3v) is 4.79. The van der Waals surface area contributed by atoms with Gasteiger partial charge in [-0.1, -0.05) is 30.3 Å². The molecule has 2 aromatic carbocycles. The van der Waals surface area contributed by atoms with Crippen LogP contribution in [-0.2, 0) is 4.79 Å². The van der Waals surface area contributed by atoms with Gasteiger partial charge in [0.2, 0.25) is 5.91 Å². The van der Waals surface area contributed by atoms with Crippen LogP contribution < -0.4 is 14.8 Å². The molecule has 0 radical (unpaired) electrons. The third-order valence-electron chi connectivity index (χ3n) is 4.03. The summed E-state index contributed by atoms with van der Waals surface area (Å²) in [5.74, 6) is 1.55. The van der Waals surface area contributed by atoms with Crippen LogP contribution in [0.2, 0.25) is 0 Å². The van der Waals surface area contributed by atoms with Gasteiger partial charge < -0.3 is 14.8 Å². The molecule has 0 fully saturated rings. The molecule has 27 heavy (non-hydrogen) atoms. The number of anilines is 1. The quantitative estimate of drug-likeness (QED) is 0.562. The second kappa shape index (κ2) is 9.19. The van der Waals surface area contributed by atoms with Crippen LogP contribution in [0.1, 0.15) is 18.4 Å². The predicted octanol–water partition coefficient (Wildman–Crippen LogP) is 4.92. The highest BCUT2D eigenvalue weighted by atomic mass is 32.1. The summed E-state index contributed by atoms with van der Waals surface area (Å²) >= 11 is 1.40. The van der Waals surface area contributed by atoms with Gasteiger partial charge in [0.1, 0.15) is 11.5 Å². The molecule has 0 atom stereocenters. The number of nitrogens with zero attached hydrogens (tertiary/aromatic N) is 1. The Bertz CT molecular complexity index is 908. The Kier molecular flexibility index (Phi) is 6.44. The molecular formula is C21H22N2O3S. The molecule has 1 aromatic heterocycles. The van der Waals surface area contributed by atoms with Crippen molar-refractivity contribution in [1.82, 2.24) is 4.98 Å². The number of hydrogen-bond acceptors (Lipinski definition) is 5. The zero-order valence-corrected chi connectivity index (χ0v) is 16.2. The summed E-state index contributed by atoms with van der Waals surface area (Å²) in [4.78, 5) is 16.6. The molecule has 0 saturated carbocycles. The average molecular weight is 382 g/mol. The van der Waals surface area contributed by atoms with E-state index in [2.05, 4.69) is 10.3 Å². The molecule has 1 N–H and O–H groups in total. The molecule has 3 aromatic rings. The first-order valence-electron chi connectivity index (χ1n) is 8.74. The van der Waals surface area contributed by atoms with Gasteiger partial charge in [-0.15, -0.1) is 11.3 Å². The fourth-order valence-corrected chi connectivity index (χ4v) is 3.35. The first-order chi connectivity index (χ1) is 13.2. The van der Waals surface area contributed by atoms with E-state index in [0.29, 0.717) is 24.6 Å². The van der Waals surface area contributed by atoms with E-state index >= 15 is 0 Å². The number of carbonyl (C=O) groups is 1. The minimum atomic E-state index is -0.0655. The molecule has 1 amide bonds. The predicted molar refractivity (Wildman–Crippen MR) is 109 cm³/mol. The van der Waals surface area contributed by atoms with Gasteiger partial charge in [-0.25, -0.2) is 4.98 Å². The third kappa shape index (κ3) is 5.08. The largest absolute Gasteiger partial charge is 0.496 e. The van der Waals surface area contributed by atoms with Crippen molar-refractivity contribution in [2.24, 2.45) is 0 Å². The van der Waals surface area contributed by atoms with Gasteiger partial charge in [-0.05, 0) is 37.1 Å². The molecule has 0 aliphatic heterocycles. The topological polar surface area (TPSA) is 60.5 Å². The lowest BCUT2D eigenvalue weighted by molar-refractivity contribution is -0.116. The molecule has 0 spiro atoms. The normalized spacial score (nSPS) is 10.4. The zero-order chi connectivity index (χ0) is 19.1. The van der Waals surface area contributed by atoms with E-state index in [1.165, 1.54) is 11.3 Å². The van der Waals surface area contributed by atoms with Crippen molar-refractivity contribution < 1.29 is 14.3 Å². The van der Waals surface area contributed by atoms with Crippen molar-refractivity contribution in [3.05, 3.63) is 59.5 Å². The molecule has 0 bridgehead atoms. The Morgan fingerprint density at radius 1 is 1.11 bits per heavy atom. The molecule has 140 valence electrons. The number of nitrogens with one attached hydrogen (secondary N) is 1. The van der Waals surface area contributed by atoms with Crippen molar-refractivity contribution in [3.63, 3.8) is 0 Å². The van der Waals surface area contributed by atoms with E-state index < -0.39 is 0 Å². The van der Waals surface area contributed by atoms with Gasteiger partial charge in [0.25, 0.3) is 0 Å². The maximum Gasteiger partial charge on any atom is 0.226 e. The highest BCUT2D eigenvalue weighted by Crippen LogP contribution is 2.31. The van der Waals surface area contributed by atoms with E-state index in [-0.39, 0.29) is 5.91 Å². The lowest BCUT2D eigenvalue weighted by atomic mass is 10.1. The van der Waals surface area contributed by atoms with Gasteiger partial charge in [0, 0.05) is 17.4 Å². The monoisotopic (exact) mass is 382 g/mol. The van der Waals surface area contributed by atoms with E-state index in [1.807, 2.05) is 60.8 Å². The van der Waals surface area contributed by atoms with Crippen LogP contribution in [0.5, 0.6) is 11.5 Å². The molecule has 0 unspecified atom stereocenters. The average Bonchev–Trinajstić information content (AvgIpc) is 3.14. The summed E-state index contributed by atoms with van der Waals surface area (Å²) in [6.07, 6.45) is 1.03. The Balaban J connectivity index is 1.49. The van der Waals surface area contributed by atoms with Crippen LogP contribution in [-0.4, -0.2) is 24.6 Å². The first-order valence-corrected chi connectivity index (χ1v) is 9.62. The Morgan fingerprint density at radius 3 is 2.63 bits per heavy atom. The van der Waals surface area contributed by atoms with Crippen molar-refractivity contribution in [2.75, 3.05) is 19.0 Å². The van der Waals surface area contributed by atoms with Crippen molar-refractivity contribution in [2.45, 2.75) is 19.8 Å². The lowest BCUT2D eigenvalue weighted by Crippen LogP contribution is -2.12. The van der Waals surface area contributed by atoms with Crippen LogP contribution in [0.4, 0.5) is 5.13 Å². The van der Waals surface area contributed by atoms with Crippen molar-refractivity contribution in [3.8, 4) is 22.8 Å². The summed E-state index contributed by atoms with van der Waals surface area (Å²) in [5.41, 5.74) is 2.78. The zero-order valence-electron chi connectivity index (χ0n) is 15.4. The number of benzene rings is 2. The number of hydrogen-bond donors (Lipinski definition) is 1. The van der Waals surface area contributed by atoms with E-state index in [9.17, 15) is 4.79 Å². The number of ether oxygens (including phenoxy) is 2. The van der Waals surface area contributed by atoms with Crippen LogP contribution in [0, 0.1) is 6.92 Å². The van der Waals surface area contributed by atoms with E-state index in [1.54, 1.807) is 7.11 Å². The first kappa shape index (κ1) is 18.9. The smallest absolute Gasteiger partial charge is 0.226 e. The molecule has 5 nitrogen and oxygen atoms in total. The Morgan fingerprint density at radius 2 is 1.85 bits per heavy atom. The fraction of sp³-hybridized carbons (Fsp3) is 0.238.